The van der Waals surface area contributed by atoms with E-state index < -0.39 is 54.3 Å². The summed E-state index contributed by atoms with van der Waals surface area (Å²) < 4.78 is 0. The van der Waals surface area contributed by atoms with Crippen molar-refractivity contribution in [1.29, 1.82) is 0 Å². The molecule has 2 heterocycles. The molecule has 0 radical (unpaired) electrons. The fourth-order valence-corrected chi connectivity index (χ4v) is 3.99. The highest BCUT2D eigenvalue weighted by molar-refractivity contribution is 5.96. The summed E-state index contributed by atoms with van der Waals surface area (Å²) in [4.78, 5) is 62.3. The van der Waals surface area contributed by atoms with Crippen LogP contribution in [0.1, 0.15) is 52.4 Å². The van der Waals surface area contributed by atoms with E-state index in [2.05, 4.69) is 16.0 Å². The maximum atomic E-state index is 13.0. The summed E-state index contributed by atoms with van der Waals surface area (Å²) in [6.07, 6.45) is 2.16. The van der Waals surface area contributed by atoms with Gasteiger partial charge in [0.15, 0.2) is 0 Å². The van der Waals surface area contributed by atoms with Crippen molar-refractivity contribution in [3.63, 3.8) is 0 Å². The van der Waals surface area contributed by atoms with Crippen LogP contribution in [0.5, 0.6) is 0 Å². The number of aliphatic carboxylic acids is 2. The van der Waals surface area contributed by atoms with E-state index in [4.69, 9.17) is 0 Å². The maximum absolute atomic E-state index is 13.0. The Kier molecular flexibility index (Phi) is 8.78. The number of nitrogens with one attached hydrogen (secondary N) is 3. The van der Waals surface area contributed by atoms with Crippen molar-refractivity contribution in [1.82, 2.24) is 20.9 Å². The van der Waals surface area contributed by atoms with Crippen LogP contribution < -0.4 is 16.0 Å². The molecule has 0 aliphatic carbocycles. The minimum Gasteiger partial charge on any atom is -0.481 e. The lowest BCUT2D eigenvalue weighted by atomic mass is 9.97. The molecule has 31 heavy (non-hydrogen) atoms. The Morgan fingerprint density at radius 1 is 1.10 bits per heavy atom. The third-order valence-electron chi connectivity index (χ3n) is 5.98. The van der Waals surface area contributed by atoms with Gasteiger partial charge >= 0.3 is 11.9 Å². The number of carbonyl (C=O) groups is 5. The molecule has 2 fully saturated rings. The zero-order chi connectivity index (χ0) is 23.1. The molecule has 5 N–H and O–H groups in total. The van der Waals surface area contributed by atoms with Crippen molar-refractivity contribution in [3.05, 3.63) is 0 Å². The minimum atomic E-state index is -1.42. The Morgan fingerprint density at radius 2 is 1.81 bits per heavy atom. The van der Waals surface area contributed by atoms with E-state index in [9.17, 15) is 34.2 Å². The van der Waals surface area contributed by atoms with E-state index in [0.717, 1.165) is 11.3 Å². The van der Waals surface area contributed by atoms with Gasteiger partial charge in [-0.25, -0.2) is 4.79 Å². The topological polar surface area (TPSA) is 165 Å². The van der Waals surface area contributed by atoms with Gasteiger partial charge in [0.2, 0.25) is 17.7 Å². The van der Waals surface area contributed by atoms with Crippen molar-refractivity contribution in [2.24, 2.45) is 5.92 Å². The first-order chi connectivity index (χ1) is 14.6. The van der Waals surface area contributed by atoms with Crippen LogP contribution in [0, 0.1) is 5.92 Å². The second kappa shape index (κ2) is 11.1. The van der Waals surface area contributed by atoms with E-state index in [1.165, 1.54) is 0 Å². The summed E-state index contributed by atoms with van der Waals surface area (Å²) in [5.74, 6) is -4.45. The first-order valence-corrected chi connectivity index (χ1v) is 10.7. The molecule has 0 aromatic heterocycles. The molecule has 0 bridgehead atoms. The molecule has 0 aromatic carbocycles. The third kappa shape index (κ3) is 6.39. The van der Waals surface area contributed by atoms with Crippen LogP contribution in [0.2, 0.25) is 0 Å². The largest absolute Gasteiger partial charge is 0.481 e. The molecule has 2 aliphatic heterocycles. The summed E-state index contributed by atoms with van der Waals surface area (Å²) in [6.45, 7) is 4.53. The molecule has 0 spiro atoms. The fourth-order valence-electron chi connectivity index (χ4n) is 3.99. The van der Waals surface area contributed by atoms with Crippen LogP contribution in [0.4, 0.5) is 0 Å². The van der Waals surface area contributed by atoms with Crippen molar-refractivity contribution < 1.29 is 34.2 Å². The Labute approximate surface area is 180 Å². The number of likely N-dealkylation sites (tertiary alicyclic amines) is 1. The minimum absolute atomic E-state index is 0.181. The van der Waals surface area contributed by atoms with Crippen LogP contribution in [-0.4, -0.2) is 82.0 Å². The van der Waals surface area contributed by atoms with Gasteiger partial charge in [0, 0.05) is 6.54 Å². The van der Waals surface area contributed by atoms with E-state index >= 15 is 0 Å². The second-order valence-electron chi connectivity index (χ2n) is 8.21. The highest BCUT2D eigenvalue weighted by Gasteiger charge is 2.39. The number of rotatable bonds is 10. The summed E-state index contributed by atoms with van der Waals surface area (Å²) in [7, 11) is 0. The average Bonchev–Trinajstić information content (AvgIpc) is 3.41. The Morgan fingerprint density at radius 3 is 2.35 bits per heavy atom. The van der Waals surface area contributed by atoms with Gasteiger partial charge in [0.1, 0.15) is 18.1 Å². The maximum Gasteiger partial charge on any atom is 0.326 e. The molecule has 174 valence electrons. The molecule has 3 amide bonds. The lowest BCUT2D eigenvalue weighted by Crippen LogP contribution is -2.59. The van der Waals surface area contributed by atoms with E-state index in [1.807, 2.05) is 6.92 Å². The number of amides is 3. The average molecular weight is 440 g/mol. The predicted molar refractivity (Wildman–Crippen MR) is 109 cm³/mol. The Hall–Kier alpha value is -2.69. The number of nitrogens with zero attached hydrogens (tertiary/aromatic N) is 1. The Bertz CT molecular complexity index is 708. The van der Waals surface area contributed by atoms with Crippen LogP contribution in [-0.2, 0) is 24.0 Å². The van der Waals surface area contributed by atoms with Crippen LogP contribution >= 0.6 is 0 Å². The molecular weight excluding hydrogens is 408 g/mol. The zero-order valence-electron chi connectivity index (χ0n) is 17.9. The van der Waals surface area contributed by atoms with Crippen LogP contribution in [0.3, 0.4) is 0 Å². The number of hydrogen-bond donors (Lipinski definition) is 5. The lowest BCUT2D eigenvalue weighted by Gasteiger charge is -2.29. The molecule has 2 aliphatic rings. The number of carbonyl (C=O) groups excluding carboxylic acids is 3. The third-order valence-corrected chi connectivity index (χ3v) is 5.98. The van der Waals surface area contributed by atoms with Crippen LogP contribution in [0.15, 0.2) is 0 Å². The van der Waals surface area contributed by atoms with Crippen molar-refractivity contribution in [2.75, 3.05) is 13.1 Å². The van der Waals surface area contributed by atoms with Gasteiger partial charge < -0.3 is 31.1 Å². The van der Waals surface area contributed by atoms with Gasteiger partial charge in [-0.2, -0.15) is 0 Å². The quantitative estimate of drug-likeness (QED) is 0.298. The van der Waals surface area contributed by atoms with Crippen molar-refractivity contribution in [3.8, 4) is 0 Å². The lowest BCUT2D eigenvalue weighted by molar-refractivity contribution is -0.150. The highest BCUT2D eigenvalue weighted by Crippen LogP contribution is 2.20. The molecule has 2 saturated heterocycles. The van der Waals surface area contributed by atoms with Gasteiger partial charge in [-0.05, 0) is 38.1 Å². The molecule has 0 aromatic rings. The predicted octanol–water partition coefficient (Wildman–Crippen LogP) is -0.696. The SMILES string of the molecule is CCC(C)C(NC(=O)C1CCCN1)C(=O)NC(CC(=O)O)C(=O)N1CCCC1C(=O)O. The normalized spacial score (nSPS) is 23.6. The smallest absolute Gasteiger partial charge is 0.326 e. The monoisotopic (exact) mass is 440 g/mol. The second-order valence-corrected chi connectivity index (χ2v) is 8.21. The van der Waals surface area contributed by atoms with E-state index in [-0.39, 0.29) is 24.8 Å². The fraction of sp³-hybridized carbons (Fsp3) is 0.750. The summed E-state index contributed by atoms with van der Waals surface area (Å²) in [5, 5.41) is 26.8. The van der Waals surface area contributed by atoms with Crippen molar-refractivity contribution >= 4 is 29.7 Å². The zero-order valence-corrected chi connectivity index (χ0v) is 17.9. The Balaban J connectivity index is 2.15. The first-order valence-electron chi connectivity index (χ1n) is 10.7. The summed E-state index contributed by atoms with van der Waals surface area (Å²) in [6, 6.07) is -3.80. The van der Waals surface area contributed by atoms with Gasteiger partial charge in [-0.1, -0.05) is 20.3 Å². The molecule has 5 unspecified atom stereocenters. The molecule has 0 saturated carbocycles. The molecule has 2 rings (SSSR count). The van der Waals surface area contributed by atoms with E-state index in [1.54, 1.807) is 6.92 Å². The summed E-state index contributed by atoms with van der Waals surface area (Å²) in [5.41, 5.74) is 0. The summed E-state index contributed by atoms with van der Waals surface area (Å²) >= 11 is 0. The van der Waals surface area contributed by atoms with Gasteiger partial charge in [-0.3, -0.25) is 19.2 Å². The van der Waals surface area contributed by atoms with Gasteiger partial charge in [0.05, 0.1) is 12.5 Å². The van der Waals surface area contributed by atoms with Crippen molar-refractivity contribution in [2.45, 2.75) is 76.5 Å². The first kappa shape index (κ1) is 24.6. The van der Waals surface area contributed by atoms with Gasteiger partial charge in [0.25, 0.3) is 0 Å². The number of carboxylic acids is 2. The standard InChI is InChI=1S/C20H32N4O7/c1-3-11(2)16(23-17(27)12-6-4-8-21-12)18(28)22-13(10-15(25)26)19(29)24-9-5-7-14(24)20(30)31/h11-14,16,21H,3-10H2,1-2H3,(H,22,28)(H,23,27)(H,25,26)(H,30,31). The molecule has 11 heteroatoms. The molecule has 11 nitrogen and oxygen atoms in total. The highest BCUT2D eigenvalue weighted by atomic mass is 16.4. The molecule has 5 atom stereocenters. The van der Waals surface area contributed by atoms with Crippen LogP contribution in [0.25, 0.3) is 0 Å². The number of hydrogen-bond acceptors (Lipinski definition) is 6. The number of carboxylic acid groups (broad SMARTS) is 2. The van der Waals surface area contributed by atoms with Gasteiger partial charge in [-0.15, -0.1) is 0 Å². The molecular formula is C20H32N4O7. The van der Waals surface area contributed by atoms with E-state index in [0.29, 0.717) is 25.8 Å².